The quantitative estimate of drug-likeness (QED) is 0.413. The standard InChI is InChI=1S/C24H18F3N5O/c1-14-10-16(6-7-28-14)15-2-4-17(5-3-15)30-24-29-13-21-23(31-24)32(8-9-33-21)18-11-19(25)22(27)20(26)12-18/h2-7,10-13H,8-9H2,1H3,(H,29,30,31). The van der Waals surface area contributed by atoms with Gasteiger partial charge in [0.05, 0.1) is 12.7 Å². The van der Waals surface area contributed by atoms with Crippen LogP contribution in [0.3, 0.4) is 0 Å². The van der Waals surface area contributed by atoms with Gasteiger partial charge in [0.15, 0.2) is 29.0 Å². The Morgan fingerprint density at radius 3 is 2.42 bits per heavy atom. The number of halogens is 3. The predicted octanol–water partition coefficient (Wildman–Crippen LogP) is 5.54. The van der Waals surface area contributed by atoms with Crippen LogP contribution in [0.15, 0.2) is 60.9 Å². The van der Waals surface area contributed by atoms with Gasteiger partial charge in [-0.1, -0.05) is 12.1 Å². The van der Waals surface area contributed by atoms with E-state index < -0.39 is 17.5 Å². The van der Waals surface area contributed by atoms with Crippen LogP contribution in [0.4, 0.5) is 36.3 Å². The molecule has 0 fully saturated rings. The SMILES string of the molecule is Cc1cc(-c2ccc(Nc3ncc4c(n3)N(c3cc(F)c(F)c(F)c3)CCO4)cc2)ccn1. The molecule has 2 aromatic heterocycles. The zero-order valence-electron chi connectivity index (χ0n) is 17.5. The summed E-state index contributed by atoms with van der Waals surface area (Å²) < 4.78 is 46.6. The van der Waals surface area contributed by atoms with Gasteiger partial charge in [0.1, 0.15) is 6.61 Å². The van der Waals surface area contributed by atoms with Crippen molar-refractivity contribution in [1.29, 1.82) is 0 Å². The maximum atomic E-state index is 13.8. The number of pyridine rings is 1. The zero-order valence-corrected chi connectivity index (χ0v) is 17.5. The van der Waals surface area contributed by atoms with Gasteiger partial charge in [0, 0.05) is 35.4 Å². The Kier molecular flexibility index (Phi) is 5.29. The molecule has 6 nitrogen and oxygen atoms in total. The highest BCUT2D eigenvalue weighted by atomic mass is 19.2. The molecule has 0 atom stereocenters. The highest BCUT2D eigenvalue weighted by molar-refractivity contribution is 5.70. The van der Waals surface area contributed by atoms with E-state index in [2.05, 4.69) is 20.3 Å². The number of fused-ring (bicyclic) bond motifs is 1. The van der Waals surface area contributed by atoms with Crippen LogP contribution in [-0.2, 0) is 0 Å². The molecule has 1 aliphatic heterocycles. The van der Waals surface area contributed by atoms with Crippen LogP contribution in [-0.4, -0.2) is 28.1 Å². The number of benzene rings is 2. The molecule has 0 saturated carbocycles. The second-order valence-corrected chi connectivity index (χ2v) is 7.49. The van der Waals surface area contributed by atoms with Crippen LogP contribution in [0, 0.1) is 24.4 Å². The third-order valence-corrected chi connectivity index (χ3v) is 5.22. The molecular weight excluding hydrogens is 431 g/mol. The molecule has 0 unspecified atom stereocenters. The first kappa shape index (κ1) is 20.7. The number of hydrogen-bond donors (Lipinski definition) is 1. The maximum absolute atomic E-state index is 13.8. The van der Waals surface area contributed by atoms with E-state index in [0.29, 0.717) is 11.6 Å². The van der Waals surface area contributed by atoms with Gasteiger partial charge in [-0.15, -0.1) is 0 Å². The highest BCUT2D eigenvalue weighted by Gasteiger charge is 2.24. The second-order valence-electron chi connectivity index (χ2n) is 7.49. The van der Waals surface area contributed by atoms with Crippen molar-refractivity contribution in [1.82, 2.24) is 15.0 Å². The summed E-state index contributed by atoms with van der Waals surface area (Å²) >= 11 is 0. The van der Waals surface area contributed by atoms with E-state index in [1.54, 1.807) is 11.1 Å². The predicted molar refractivity (Wildman–Crippen MR) is 119 cm³/mol. The van der Waals surface area contributed by atoms with E-state index in [-0.39, 0.29) is 24.8 Å². The molecule has 0 aliphatic carbocycles. The Hall–Kier alpha value is -4.14. The molecule has 9 heteroatoms. The molecule has 0 bridgehead atoms. The average molecular weight is 449 g/mol. The van der Waals surface area contributed by atoms with E-state index >= 15 is 0 Å². The third kappa shape index (κ3) is 4.17. The van der Waals surface area contributed by atoms with Crippen molar-refractivity contribution < 1.29 is 17.9 Å². The minimum Gasteiger partial charge on any atom is -0.486 e. The Bertz CT molecular complexity index is 1310. The van der Waals surface area contributed by atoms with Gasteiger partial charge in [0.2, 0.25) is 5.95 Å². The molecule has 3 heterocycles. The molecule has 1 aliphatic rings. The first-order valence-electron chi connectivity index (χ1n) is 10.2. The van der Waals surface area contributed by atoms with Crippen LogP contribution in [0.5, 0.6) is 5.75 Å². The Balaban J connectivity index is 1.42. The van der Waals surface area contributed by atoms with Crippen LogP contribution in [0.2, 0.25) is 0 Å². The first-order chi connectivity index (χ1) is 16.0. The second kappa shape index (κ2) is 8.42. The summed E-state index contributed by atoms with van der Waals surface area (Å²) in [7, 11) is 0. The molecule has 1 N–H and O–H groups in total. The van der Waals surface area contributed by atoms with E-state index in [1.165, 1.54) is 6.20 Å². The summed E-state index contributed by atoms with van der Waals surface area (Å²) in [6.07, 6.45) is 3.26. The number of anilines is 4. The smallest absolute Gasteiger partial charge is 0.229 e. The number of hydrogen-bond acceptors (Lipinski definition) is 6. The van der Waals surface area contributed by atoms with Crippen LogP contribution in [0.25, 0.3) is 11.1 Å². The Morgan fingerprint density at radius 1 is 0.939 bits per heavy atom. The minimum absolute atomic E-state index is 0.137. The van der Waals surface area contributed by atoms with Crippen LogP contribution < -0.4 is 15.0 Å². The lowest BCUT2D eigenvalue weighted by Gasteiger charge is -2.30. The zero-order chi connectivity index (χ0) is 22.9. The molecule has 5 rings (SSSR count). The summed E-state index contributed by atoms with van der Waals surface area (Å²) in [6.45, 7) is 2.49. The minimum atomic E-state index is -1.51. The third-order valence-electron chi connectivity index (χ3n) is 5.22. The van der Waals surface area contributed by atoms with Gasteiger partial charge >= 0.3 is 0 Å². The lowest BCUT2D eigenvalue weighted by molar-refractivity contribution is 0.310. The number of nitrogens with one attached hydrogen (secondary N) is 1. The van der Waals surface area contributed by atoms with Gasteiger partial charge in [-0.25, -0.2) is 18.2 Å². The lowest BCUT2D eigenvalue weighted by atomic mass is 10.1. The number of nitrogens with zero attached hydrogens (tertiary/aromatic N) is 4. The molecule has 0 saturated heterocycles. The van der Waals surface area contributed by atoms with Crippen LogP contribution >= 0.6 is 0 Å². The average Bonchev–Trinajstić information content (AvgIpc) is 2.82. The molecule has 2 aromatic carbocycles. The summed E-state index contributed by atoms with van der Waals surface area (Å²) in [6, 6.07) is 13.5. The van der Waals surface area contributed by atoms with Gasteiger partial charge in [-0.2, -0.15) is 4.98 Å². The molecular formula is C24H18F3N5O. The van der Waals surface area contributed by atoms with Crippen molar-refractivity contribution in [3.8, 4) is 16.9 Å². The van der Waals surface area contributed by atoms with E-state index in [9.17, 15) is 13.2 Å². The topological polar surface area (TPSA) is 63.2 Å². The summed E-state index contributed by atoms with van der Waals surface area (Å²) in [5.74, 6) is -3.08. The fourth-order valence-electron chi connectivity index (χ4n) is 3.62. The van der Waals surface area contributed by atoms with Gasteiger partial charge in [0.25, 0.3) is 0 Å². The Morgan fingerprint density at radius 2 is 1.70 bits per heavy atom. The molecule has 33 heavy (non-hydrogen) atoms. The van der Waals surface area contributed by atoms with Crippen molar-refractivity contribution in [3.05, 3.63) is 84.1 Å². The number of rotatable bonds is 4. The van der Waals surface area contributed by atoms with Gasteiger partial charge in [-0.3, -0.25) is 4.98 Å². The number of aryl methyl sites for hydroxylation is 1. The van der Waals surface area contributed by atoms with E-state index in [1.807, 2.05) is 43.3 Å². The molecule has 0 spiro atoms. The lowest BCUT2D eigenvalue weighted by Crippen LogP contribution is -2.30. The maximum Gasteiger partial charge on any atom is 0.229 e. The number of aromatic nitrogens is 3. The summed E-state index contributed by atoms with van der Waals surface area (Å²) in [5, 5.41) is 3.12. The summed E-state index contributed by atoms with van der Waals surface area (Å²) in [4.78, 5) is 14.5. The molecule has 166 valence electrons. The normalized spacial score (nSPS) is 12.8. The molecule has 4 aromatic rings. The summed E-state index contributed by atoms with van der Waals surface area (Å²) in [5.41, 5.74) is 3.93. The van der Waals surface area contributed by atoms with Gasteiger partial charge < -0.3 is 15.0 Å². The van der Waals surface area contributed by atoms with Crippen molar-refractivity contribution in [2.75, 3.05) is 23.4 Å². The van der Waals surface area contributed by atoms with Crippen molar-refractivity contribution >= 4 is 23.1 Å². The van der Waals surface area contributed by atoms with Crippen molar-refractivity contribution in [3.63, 3.8) is 0 Å². The fraction of sp³-hybridized carbons (Fsp3) is 0.125. The van der Waals surface area contributed by atoms with Gasteiger partial charge in [-0.05, 0) is 42.3 Å². The van der Waals surface area contributed by atoms with Crippen LogP contribution in [0.1, 0.15) is 5.69 Å². The van der Waals surface area contributed by atoms with Crippen molar-refractivity contribution in [2.45, 2.75) is 6.92 Å². The highest BCUT2D eigenvalue weighted by Crippen LogP contribution is 2.36. The largest absolute Gasteiger partial charge is 0.486 e. The fourth-order valence-corrected chi connectivity index (χ4v) is 3.62. The number of ether oxygens (including phenoxy) is 1. The Labute approximate surface area is 187 Å². The van der Waals surface area contributed by atoms with E-state index in [4.69, 9.17) is 4.74 Å². The monoisotopic (exact) mass is 449 g/mol. The molecule has 0 amide bonds. The van der Waals surface area contributed by atoms with Crippen molar-refractivity contribution in [2.24, 2.45) is 0 Å². The first-order valence-corrected chi connectivity index (χ1v) is 10.2. The molecule has 0 radical (unpaired) electrons. The van der Waals surface area contributed by atoms with E-state index in [0.717, 1.165) is 34.6 Å².